The Labute approximate surface area is 212 Å². The van der Waals surface area contributed by atoms with E-state index >= 15 is 0 Å². The number of rotatable bonds is 8. The van der Waals surface area contributed by atoms with Crippen LogP contribution in [-0.2, 0) is 39.4 Å². The highest BCUT2D eigenvalue weighted by molar-refractivity contribution is 7.92. The fourth-order valence-electron chi connectivity index (χ4n) is 5.20. The van der Waals surface area contributed by atoms with E-state index in [1.807, 2.05) is 0 Å². The summed E-state index contributed by atoms with van der Waals surface area (Å²) in [6.07, 6.45) is 1.31. The maximum absolute atomic E-state index is 13.4. The van der Waals surface area contributed by atoms with Gasteiger partial charge in [-0.15, -0.1) is 0 Å². The zero-order valence-corrected chi connectivity index (χ0v) is 21.1. The summed E-state index contributed by atoms with van der Waals surface area (Å²) < 4.78 is 63.6. The lowest BCUT2D eigenvalue weighted by atomic mass is 9.82. The van der Waals surface area contributed by atoms with Crippen LogP contribution in [0.3, 0.4) is 0 Å². The Kier molecular flexibility index (Phi) is 6.24. The topological polar surface area (TPSA) is 126 Å². The number of hydrogen-bond donors (Lipinski definition) is 3. The molecular formula is C24H28F3N5O4S. The van der Waals surface area contributed by atoms with Crippen molar-refractivity contribution in [2.75, 3.05) is 23.9 Å². The van der Waals surface area contributed by atoms with E-state index in [-0.39, 0.29) is 17.1 Å². The standard InChI is InChI=1S/C24H28F3N5O4S/c1-37(28,35)12-19(33)29-21-20-18(31-32(21)9-7-14-2-3-14)11-23(30-22(20)34)8-6-15-10-16(4-5-17(15)23)36-13-24(25,26)27/h4-5,10,14,28H,2-3,6-9,11-13H2,1H3,(H,29,33)(H,30,34)/t23-,37?/m0/s1. The van der Waals surface area contributed by atoms with Crippen molar-refractivity contribution in [3.05, 3.63) is 40.6 Å². The van der Waals surface area contributed by atoms with Crippen LogP contribution in [0.2, 0.25) is 0 Å². The van der Waals surface area contributed by atoms with Crippen molar-refractivity contribution >= 4 is 27.4 Å². The molecule has 37 heavy (non-hydrogen) atoms. The molecule has 2 heterocycles. The average Bonchev–Trinajstić information content (AvgIpc) is 3.47. The van der Waals surface area contributed by atoms with E-state index in [0.29, 0.717) is 37.4 Å². The molecule has 9 nitrogen and oxygen atoms in total. The van der Waals surface area contributed by atoms with Crippen LogP contribution in [-0.4, -0.2) is 50.6 Å². The van der Waals surface area contributed by atoms with Crippen molar-refractivity contribution in [3.63, 3.8) is 0 Å². The summed E-state index contributed by atoms with van der Waals surface area (Å²) in [5.74, 6) is -0.583. The molecule has 13 heteroatoms. The van der Waals surface area contributed by atoms with Crippen LogP contribution in [0.4, 0.5) is 19.0 Å². The minimum Gasteiger partial charge on any atom is -0.484 e. The Bertz CT molecular complexity index is 1370. The minimum absolute atomic E-state index is 0.118. The monoisotopic (exact) mass is 539 g/mol. The lowest BCUT2D eigenvalue weighted by molar-refractivity contribution is -0.153. The van der Waals surface area contributed by atoms with Gasteiger partial charge in [-0.25, -0.2) is 8.89 Å². The van der Waals surface area contributed by atoms with Crippen molar-refractivity contribution in [3.8, 4) is 5.75 Å². The maximum atomic E-state index is 13.4. The summed E-state index contributed by atoms with van der Waals surface area (Å²) in [5.41, 5.74) is 1.61. The Hall–Kier alpha value is -3.09. The lowest BCUT2D eigenvalue weighted by Gasteiger charge is -2.35. The number of anilines is 1. The molecule has 1 unspecified atom stereocenters. The van der Waals surface area contributed by atoms with Crippen LogP contribution < -0.4 is 15.4 Å². The molecule has 3 aliphatic rings. The Morgan fingerprint density at radius 3 is 2.81 bits per heavy atom. The number of nitrogens with one attached hydrogen (secondary N) is 3. The second-order valence-electron chi connectivity index (χ2n) is 10.3. The molecule has 0 bridgehead atoms. The number of carbonyl (C=O) groups excluding carboxylic acids is 2. The van der Waals surface area contributed by atoms with Crippen LogP contribution in [0.25, 0.3) is 0 Å². The smallest absolute Gasteiger partial charge is 0.422 e. The van der Waals surface area contributed by atoms with Crippen molar-refractivity contribution in [1.29, 1.82) is 4.78 Å². The van der Waals surface area contributed by atoms with E-state index < -0.39 is 45.6 Å². The zero-order valence-electron chi connectivity index (χ0n) is 20.2. The number of aryl methyl sites for hydroxylation is 2. The van der Waals surface area contributed by atoms with E-state index in [1.54, 1.807) is 16.8 Å². The third kappa shape index (κ3) is 5.60. The van der Waals surface area contributed by atoms with Gasteiger partial charge in [0.05, 0.1) is 21.0 Å². The molecule has 1 aromatic heterocycles. The Morgan fingerprint density at radius 1 is 1.38 bits per heavy atom. The molecule has 2 aromatic rings. The number of carbonyl (C=O) groups is 2. The molecule has 1 saturated carbocycles. The predicted molar refractivity (Wildman–Crippen MR) is 129 cm³/mol. The number of hydrogen-bond acceptors (Lipinski definition) is 6. The normalized spacial score (nSPS) is 22.2. The molecule has 2 aliphatic carbocycles. The fourth-order valence-corrected chi connectivity index (χ4v) is 5.77. The highest BCUT2D eigenvalue weighted by Gasteiger charge is 2.46. The van der Waals surface area contributed by atoms with Gasteiger partial charge in [-0.3, -0.25) is 14.4 Å². The molecular weight excluding hydrogens is 511 g/mol. The van der Waals surface area contributed by atoms with E-state index in [1.165, 1.54) is 12.3 Å². The van der Waals surface area contributed by atoms with Gasteiger partial charge >= 0.3 is 6.18 Å². The number of aromatic nitrogens is 2. The molecule has 1 aliphatic heterocycles. The summed E-state index contributed by atoms with van der Waals surface area (Å²) in [4.78, 5) is 25.9. The van der Waals surface area contributed by atoms with Crippen molar-refractivity contribution in [2.45, 2.75) is 56.8 Å². The Balaban J connectivity index is 1.43. The molecule has 1 aromatic carbocycles. The first kappa shape index (κ1) is 25.6. The van der Waals surface area contributed by atoms with E-state index in [2.05, 4.69) is 15.7 Å². The number of nitrogens with zero attached hydrogens (tertiary/aromatic N) is 2. The predicted octanol–water partition coefficient (Wildman–Crippen LogP) is 3.37. The third-order valence-corrected chi connectivity index (χ3v) is 7.81. The largest absolute Gasteiger partial charge is 0.484 e. The first-order chi connectivity index (χ1) is 17.3. The average molecular weight is 540 g/mol. The minimum atomic E-state index is -4.44. The zero-order chi connectivity index (χ0) is 26.6. The lowest BCUT2D eigenvalue weighted by Crippen LogP contribution is -2.49. The van der Waals surface area contributed by atoms with E-state index in [9.17, 15) is 27.0 Å². The van der Waals surface area contributed by atoms with Crippen LogP contribution in [0.1, 0.15) is 52.9 Å². The number of fused-ring (bicyclic) bond motifs is 3. The molecule has 5 rings (SSSR count). The quantitative estimate of drug-likeness (QED) is 0.474. The second kappa shape index (κ2) is 9.03. The highest BCUT2D eigenvalue weighted by atomic mass is 32.2. The fraction of sp³-hybridized carbons (Fsp3) is 0.542. The van der Waals surface area contributed by atoms with Crippen molar-refractivity contribution in [1.82, 2.24) is 15.1 Å². The van der Waals surface area contributed by atoms with Crippen molar-refractivity contribution < 1.29 is 31.7 Å². The van der Waals surface area contributed by atoms with Gasteiger partial charge in [0.1, 0.15) is 22.9 Å². The number of alkyl halides is 3. The number of amides is 2. The van der Waals surface area contributed by atoms with Crippen LogP contribution in [0, 0.1) is 10.7 Å². The van der Waals surface area contributed by atoms with Gasteiger partial charge in [-0.1, -0.05) is 18.9 Å². The summed E-state index contributed by atoms with van der Waals surface area (Å²) in [6.45, 7) is -0.872. The summed E-state index contributed by atoms with van der Waals surface area (Å²) >= 11 is 0. The molecule has 1 spiro atoms. The number of ether oxygens (including phenoxy) is 1. The SMILES string of the molecule is CS(=N)(=O)CC(=O)Nc1c2c(nn1CCC1CC1)C[C@]1(CCc3cc(OCC(F)(F)F)ccc31)NC2=O. The first-order valence-electron chi connectivity index (χ1n) is 12.1. The van der Waals surface area contributed by atoms with E-state index in [0.717, 1.165) is 30.4 Å². The number of benzene rings is 1. The second-order valence-corrected chi connectivity index (χ2v) is 12.6. The summed E-state index contributed by atoms with van der Waals surface area (Å²) in [6, 6.07) is 4.75. The van der Waals surface area contributed by atoms with Crippen molar-refractivity contribution in [2.24, 2.45) is 5.92 Å². The van der Waals surface area contributed by atoms with Gasteiger partial charge < -0.3 is 15.4 Å². The van der Waals surface area contributed by atoms with Gasteiger partial charge in [0.15, 0.2) is 6.61 Å². The van der Waals surface area contributed by atoms with Crippen LogP contribution in [0.5, 0.6) is 5.75 Å². The van der Waals surface area contributed by atoms with Gasteiger partial charge in [0.2, 0.25) is 5.91 Å². The third-order valence-electron chi connectivity index (χ3n) is 7.00. The molecule has 0 radical (unpaired) electrons. The van der Waals surface area contributed by atoms with E-state index in [4.69, 9.17) is 9.52 Å². The molecule has 2 amide bonds. The molecule has 0 saturated heterocycles. The Morgan fingerprint density at radius 2 is 2.14 bits per heavy atom. The van der Waals surface area contributed by atoms with Gasteiger partial charge in [0.25, 0.3) is 5.91 Å². The van der Waals surface area contributed by atoms with Crippen LogP contribution in [0.15, 0.2) is 18.2 Å². The maximum Gasteiger partial charge on any atom is 0.422 e. The molecule has 1 fully saturated rings. The summed E-state index contributed by atoms with van der Waals surface area (Å²) in [5, 5.41) is 10.4. The molecule has 2 atom stereocenters. The highest BCUT2D eigenvalue weighted by Crippen LogP contribution is 2.44. The molecule has 200 valence electrons. The van der Waals surface area contributed by atoms with Gasteiger partial charge in [0, 0.05) is 19.2 Å². The number of halogens is 3. The van der Waals surface area contributed by atoms with Gasteiger partial charge in [-0.05, 0) is 48.4 Å². The van der Waals surface area contributed by atoms with Crippen LogP contribution >= 0.6 is 0 Å². The molecule has 3 N–H and O–H groups in total. The van der Waals surface area contributed by atoms with Gasteiger partial charge in [-0.2, -0.15) is 18.3 Å². The first-order valence-corrected chi connectivity index (χ1v) is 14.2. The summed E-state index contributed by atoms with van der Waals surface area (Å²) in [7, 11) is -3.07.